The van der Waals surface area contributed by atoms with E-state index in [-0.39, 0.29) is 23.1 Å². The molecule has 184 valence electrons. The highest BCUT2D eigenvalue weighted by atomic mass is 32.2. The van der Waals surface area contributed by atoms with Crippen LogP contribution in [0.1, 0.15) is 22.8 Å². The zero-order valence-electron chi connectivity index (χ0n) is 19.8. The van der Waals surface area contributed by atoms with E-state index in [1.807, 2.05) is 18.2 Å². The highest BCUT2D eigenvalue weighted by Gasteiger charge is 2.25. The van der Waals surface area contributed by atoms with Gasteiger partial charge in [0.25, 0.3) is 5.91 Å². The van der Waals surface area contributed by atoms with E-state index >= 15 is 0 Å². The first-order valence-electron chi connectivity index (χ1n) is 10.7. The monoisotopic (exact) mass is 490 g/mol. The number of nitrogens with one attached hydrogen (secondary N) is 2. The number of hydrogen-bond acceptors (Lipinski definition) is 7. The molecule has 1 fully saturated rings. The van der Waals surface area contributed by atoms with Crippen molar-refractivity contribution in [2.75, 3.05) is 56.7 Å². The second kappa shape index (κ2) is 10.7. The number of rotatable bonds is 8. The van der Waals surface area contributed by atoms with Crippen LogP contribution in [0.2, 0.25) is 0 Å². The van der Waals surface area contributed by atoms with E-state index in [1.165, 1.54) is 19.1 Å². The SMILES string of the molecule is COc1ccc(OC)c(CN2CCN(C(=O)c3cc(NC(C)=O)ccc3NS(C)(=O)=O)CC2)c1. The van der Waals surface area contributed by atoms with Crippen molar-refractivity contribution in [2.45, 2.75) is 13.5 Å². The first kappa shape index (κ1) is 25.3. The molecule has 11 heteroatoms. The van der Waals surface area contributed by atoms with Crippen LogP contribution in [0.25, 0.3) is 0 Å². The van der Waals surface area contributed by atoms with Crippen LogP contribution in [-0.4, -0.2) is 76.7 Å². The summed E-state index contributed by atoms with van der Waals surface area (Å²) >= 11 is 0. The second-order valence-electron chi connectivity index (χ2n) is 8.06. The number of methoxy groups -OCH3 is 2. The number of amides is 2. The van der Waals surface area contributed by atoms with Gasteiger partial charge in [0.05, 0.1) is 31.7 Å². The van der Waals surface area contributed by atoms with Gasteiger partial charge >= 0.3 is 0 Å². The molecule has 0 aromatic heterocycles. The lowest BCUT2D eigenvalue weighted by Gasteiger charge is -2.35. The molecule has 3 rings (SSSR count). The fourth-order valence-corrected chi connectivity index (χ4v) is 4.39. The number of sulfonamides is 1. The molecule has 2 N–H and O–H groups in total. The number of benzene rings is 2. The van der Waals surface area contributed by atoms with Crippen LogP contribution >= 0.6 is 0 Å². The Morgan fingerprint density at radius 1 is 1.00 bits per heavy atom. The molecule has 34 heavy (non-hydrogen) atoms. The lowest BCUT2D eigenvalue weighted by Crippen LogP contribution is -2.48. The standard InChI is InChI=1S/C23H30N4O6S/c1-16(28)24-18-5-7-21(25-34(4,30)31)20(14-18)23(29)27-11-9-26(10-12-27)15-17-13-19(32-2)6-8-22(17)33-3/h5-8,13-14,25H,9-12,15H2,1-4H3,(H,24,28). The number of carbonyl (C=O) groups excluding carboxylic acids is 2. The predicted octanol–water partition coefficient (Wildman–Crippen LogP) is 1.99. The lowest BCUT2D eigenvalue weighted by molar-refractivity contribution is -0.114. The van der Waals surface area contributed by atoms with Crippen molar-refractivity contribution in [3.63, 3.8) is 0 Å². The summed E-state index contributed by atoms with van der Waals surface area (Å²) in [6, 6.07) is 10.2. The predicted molar refractivity (Wildman–Crippen MR) is 130 cm³/mol. The first-order chi connectivity index (χ1) is 16.1. The first-order valence-corrected chi connectivity index (χ1v) is 12.6. The highest BCUT2D eigenvalue weighted by Crippen LogP contribution is 2.27. The van der Waals surface area contributed by atoms with E-state index in [4.69, 9.17) is 9.47 Å². The van der Waals surface area contributed by atoms with Crippen LogP contribution < -0.4 is 19.5 Å². The van der Waals surface area contributed by atoms with Crippen molar-refractivity contribution in [1.82, 2.24) is 9.80 Å². The fraction of sp³-hybridized carbons (Fsp3) is 0.391. The molecule has 0 unspecified atom stereocenters. The molecule has 0 saturated carbocycles. The third-order valence-electron chi connectivity index (χ3n) is 5.41. The Hall–Kier alpha value is -3.31. The van der Waals surface area contributed by atoms with E-state index in [2.05, 4.69) is 14.9 Å². The maximum absolute atomic E-state index is 13.3. The van der Waals surface area contributed by atoms with Crippen LogP contribution in [0.15, 0.2) is 36.4 Å². The number of carbonyl (C=O) groups is 2. The molecule has 0 atom stereocenters. The van der Waals surface area contributed by atoms with Gasteiger partial charge in [0.2, 0.25) is 15.9 Å². The van der Waals surface area contributed by atoms with Crippen LogP contribution in [0, 0.1) is 0 Å². The summed E-state index contributed by atoms with van der Waals surface area (Å²) in [5.41, 5.74) is 1.76. The third kappa shape index (κ3) is 6.61. The minimum absolute atomic E-state index is 0.171. The van der Waals surface area contributed by atoms with E-state index in [0.29, 0.717) is 38.4 Å². The van der Waals surface area contributed by atoms with Crippen LogP contribution in [0.5, 0.6) is 11.5 Å². The van der Waals surface area contributed by atoms with Crippen molar-refractivity contribution < 1.29 is 27.5 Å². The Balaban J connectivity index is 1.74. The third-order valence-corrected chi connectivity index (χ3v) is 6.00. The Morgan fingerprint density at radius 3 is 2.29 bits per heavy atom. The minimum Gasteiger partial charge on any atom is -0.497 e. The van der Waals surface area contributed by atoms with Gasteiger partial charge < -0.3 is 19.7 Å². The number of ether oxygens (including phenoxy) is 2. The minimum atomic E-state index is -3.59. The van der Waals surface area contributed by atoms with Gasteiger partial charge in [0.15, 0.2) is 0 Å². The summed E-state index contributed by atoms with van der Waals surface area (Å²) in [5.74, 6) is 0.918. The normalized spacial score (nSPS) is 14.4. The molecule has 0 aliphatic carbocycles. The maximum atomic E-state index is 13.3. The Morgan fingerprint density at radius 2 is 1.71 bits per heavy atom. The average Bonchev–Trinajstić information content (AvgIpc) is 2.78. The van der Waals surface area contributed by atoms with Crippen molar-refractivity contribution >= 4 is 33.2 Å². The summed E-state index contributed by atoms with van der Waals surface area (Å²) in [6.45, 7) is 4.20. The van der Waals surface area contributed by atoms with Gasteiger partial charge in [-0.1, -0.05) is 0 Å². The Labute approximate surface area is 199 Å². The number of nitrogens with zero attached hydrogens (tertiary/aromatic N) is 2. The maximum Gasteiger partial charge on any atom is 0.256 e. The van der Waals surface area contributed by atoms with Gasteiger partial charge in [-0.2, -0.15) is 0 Å². The number of hydrogen-bond donors (Lipinski definition) is 2. The molecular formula is C23H30N4O6S. The molecule has 0 spiro atoms. The van der Waals surface area contributed by atoms with Crippen molar-refractivity contribution in [2.24, 2.45) is 0 Å². The number of anilines is 2. The van der Waals surface area contributed by atoms with Gasteiger partial charge in [-0.05, 0) is 36.4 Å². The van der Waals surface area contributed by atoms with E-state index in [1.54, 1.807) is 25.2 Å². The van der Waals surface area contributed by atoms with Crippen molar-refractivity contribution in [3.05, 3.63) is 47.5 Å². The van der Waals surface area contributed by atoms with Crippen LogP contribution in [0.4, 0.5) is 11.4 Å². The van der Waals surface area contributed by atoms with E-state index in [0.717, 1.165) is 23.3 Å². The van der Waals surface area contributed by atoms with E-state index < -0.39 is 10.0 Å². The largest absolute Gasteiger partial charge is 0.497 e. The zero-order chi connectivity index (χ0) is 24.9. The summed E-state index contributed by atoms with van der Waals surface area (Å²) in [6.07, 6.45) is 1.02. The fourth-order valence-electron chi connectivity index (χ4n) is 3.82. The van der Waals surface area contributed by atoms with Crippen LogP contribution in [-0.2, 0) is 21.4 Å². The molecule has 0 bridgehead atoms. The molecule has 2 amide bonds. The van der Waals surface area contributed by atoms with Gasteiger partial charge in [0.1, 0.15) is 11.5 Å². The van der Waals surface area contributed by atoms with Gasteiger partial charge in [0, 0.05) is 50.9 Å². The average molecular weight is 491 g/mol. The molecule has 1 aliphatic rings. The lowest BCUT2D eigenvalue weighted by atomic mass is 10.1. The quantitative estimate of drug-likeness (QED) is 0.581. The Kier molecular flexibility index (Phi) is 8.00. The molecule has 0 radical (unpaired) electrons. The van der Waals surface area contributed by atoms with Crippen molar-refractivity contribution in [1.29, 1.82) is 0 Å². The zero-order valence-corrected chi connectivity index (χ0v) is 20.6. The molecule has 1 saturated heterocycles. The number of piperazine rings is 1. The summed E-state index contributed by atoms with van der Waals surface area (Å²) in [5, 5.41) is 2.63. The molecule has 2 aromatic rings. The summed E-state index contributed by atoms with van der Waals surface area (Å²) in [4.78, 5) is 28.7. The highest BCUT2D eigenvalue weighted by molar-refractivity contribution is 7.92. The van der Waals surface area contributed by atoms with Gasteiger partial charge in [-0.3, -0.25) is 19.2 Å². The van der Waals surface area contributed by atoms with Crippen molar-refractivity contribution in [3.8, 4) is 11.5 Å². The summed E-state index contributed by atoms with van der Waals surface area (Å²) in [7, 11) is -0.355. The molecular weight excluding hydrogens is 460 g/mol. The van der Waals surface area contributed by atoms with Gasteiger partial charge in [-0.25, -0.2) is 8.42 Å². The van der Waals surface area contributed by atoms with Crippen LogP contribution in [0.3, 0.4) is 0 Å². The second-order valence-corrected chi connectivity index (χ2v) is 9.81. The van der Waals surface area contributed by atoms with Gasteiger partial charge in [-0.15, -0.1) is 0 Å². The summed E-state index contributed by atoms with van der Waals surface area (Å²) < 4.78 is 36.8. The Bertz CT molecular complexity index is 1160. The molecule has 10 nitrogen and oxygen atoms in total. The molecule has 1 aliphatic heterocycles. The van der Waals surface area contributed by atoms with E-state index in [9.17, 15) is 18.0 Å². The molecule has 2 aromatic carbocycles. The smallest absolute Gasteiger partial charge is 0.256 e. The topological polar surface area (TPSA) is 117 Å². The molecule has 1 heterocycles.